The van der Waals surface area contributed by atoms with Gasteiger partial charge in [-0.25, -0.2) is 4.68 Å². The lowest BCUT2D eigenvalue weighted by Gasteiger charge is -2.35. The first kappa shape index (κ1) is 20.6. The van der Waals surface area contributed by atoms with Crippen molar-refractivity contribution in [2.45, 2.75) is 32.5 Å². The van der Waals surface area contributed by atoms with Crippen molar-refractivity contribution in [3.8, 4) is 0 Å². The van der Waals surface area contributed by atoms with Gasteiger partial charge in [-0.3, -0.25) is 4.79 Å². The number of carbonyl (C=O) groups is 1. The summed E-state index contributed by atoms with van der Waals surface area (Å²) in [6.07, 6.45) is 0. The van der Waals surface area contributed by atoms with E-state index < -0.39 is 0 Å². The van der Waals surface area contributed by atoms with Gasteiger partial charge in [0.1, 0.15) is 0 Å². The number of amides is 1. The largest absolute Gasteiger partial charge is 0.369 e. The number of nitrogens with one attached hydrogen (secondary N) is 1. The van der Waals surface area contributed by atoms with E-state index in [0.29, 0.717) is 11.1 Å². The molecule has 2 aromatic rings. The van der Waals surface area contributed by atoms with Crippen LogP contribution in [0.2, 0.25) is 0 Å². The highest BCUT2D eigenvalue weighted by atomic mass is 32.2. The summed E-state index contributed by atoms with van der Waals surface area (Å²) in [7, 11) is 0. The van der Waals surface area contributed by atoms with E-state index in [4.69, 9.17) is 0 Å². The first-order chi connectivity index (χ1) is 13.5. The maximum absolute atomic E-state index is 12.3. The van der Waals surface area contributed by atoms with Crippen molar-refractivity contribution in [1.29, 1.82) is 0 Å². The number of piperazine rings is 1. The van der Waals surface area contributed by atoms with Crippen LogP contribution < -0.4 is 10.2 Å². The Morgan fingerprint density at radius 3 is 2.54 bits per heavy atom. The molecule has 1 aliphatic heterocycles. The van der Waals surface area contributed by atoms with Gasteiger partial charge < -0.3 is 15.1 Å². The van der Waals surface area contributed by atoms with Gasteiger partial charge in [0.25, 0.3) is 0 Å². The molecular weight excluding hydrogens is 374 g/mol. The smallest absolute Gasteiger partial charge is 0.234 e. The molecule has 1 fully saturated rings. The number of rotatable bonds is 8. The number of anilines is 2. The van der Waals surface area contributed by atoms with Crippen molar-refractivity contribution >= 4 is 29.0 Å². The number of aromatic nitrogens is 4. The molecule has 0 bridgehead atoms. The molecule has 1 aromatic carbocycles. The molecule has 8 nitrogen and oxygen atoms in total. The first-order valence-corrected chi connectivity index (χ1v) is 10.8. The van der Waals surface area contributed by atoms with Crippen LogP contribution in [-0.2, 0) is 11.3 Å². The number of nitrogens with zero attached hydrogens (tertiary/aromatic N) is 6. The van der Waals surface area contributed by atoms with Gasteiger partial charge >= 0.3 is 0 Å². The van der Waals surface area contributed by atoms with Crippen LogP contribution in [0.5, 0.6) is 0 Å². The maximum atomic E-state index is 12.3. The Morgan fingerprint density at radius 1 is 1.18 bits per heavy atom. The third kappa shape index (κ3) is 5.68. The summed E-state index contributed by atoms with van der Waals surface area (Å²) < 4.78 is 1.75. The van der Waals surface area contributed by atoms with Crippen LogP contribution in [0.1, 0.15) is 20.8 Å². The standard InChI is InChI=1S/C19H29N7OS/c1-4-24-9-11-25(12-10-24)17-7-5-16(6-8-17)20-18(27)14-28-19-21-22-23-26(19)13-15(2)3/h5-8,15H,4,9-14H2,1-3H3,(H,20,27). The topological polar surface area (TPSA) is 79.2 Å². The zero-order valence-electron chi connectivity index (χ0n) is 16.8. The molecule has 0 aliphatic carbocycles. The maximum Gasteiger partial charge on any atom is 0.234 e. The van der Waals surface area contributed by atoms with Crippen molar-refractivity contribution in [2.75, 3.05) is 48.7 Å². The molecule has 9 heteroatoms. The molecule has 0 atom stereocenters. The van der Waals surface area contributed by atoms with Gasteiger partial charge in [0, 0.05) is 44.1 Å². The average Bonchev–Trinajstić information content (AvgIpc) is 3.13. The minimum Gasteiger partial charge on any atom is -0.369 e. The number of hydrogen-bond donors (Lipinski definition) is 1. The van der Waals surface area contributed by atoms with Crippen LogP contribution in [0, 0.1) is 5.92 Å². The lowest BCUT2D eigenvalue weighted by Crippen LogP contribution is -2.46. The van der Waals surface area contributed by atoms with E-state index in [0.717, 1.165) is 45.0 Å². The molecule has 1 amide bonds. The van der Waals surface area contributed by atoms with Crippen molar-refractivity contribution in [3.05, 3.63) is 24.3 Å². The molecule has 0 saturated carbocycles. The Morgan fingerprint density at radius 2 is 1.89 bits per heavy atom. The van der Waals surface area contributed by atoms with Gasteiger partial charge in [0.15, 0.2) is 0 Å². The highest BCUT2D eigenvalue weighted by Gasteiger charge is 2.16. The number of carbonyl (C=O) groups excluding carboxylic acids is 1. The Labute approximate surface area is 170 Å². The number of tetrazole rings is 1. The Kier molecular flexibility index (Phi) is 7.27. The van der Waals surface area contributed by atoms with Gasteiger partial charge in [0.2, 0.25) is 11.1 Å². The third-order valence-corrected chi connectivity index (χ3v) is 5.66. The lowest BCUT2D eigenvalue weighted by atomic mass is 10.2. The summed E-state index contributed by atoms with van der Waals surface area (Å²) in [4.78, 5) is 17.1. The molecule has 152 valence electrons. The second kappa shape index (κ2) is 9.88. The van der Waals surface area contributed by atoms with Crippen LogP contribution in [0.15, 0.2) is 29.4 Å². The van der Waals surface area contributed by atoms with Crippen LogP contribution in [0.3, 0.4) is 0 Å². The van der Waals surface area contributed by atoms with E-state index in [1.54, 1.807) is 4.68 Å². The van der Waals surface area contributed by atoms with Crippen LogP contribution in [-0.4, -0.2) is 69.5 Å². The van der Waals surface area contributed by atoms with Crippen LogP contribution in [0.4, 0.5) is 11.4 Å². The second-order valence-corrected chi connectivity index (χ2v) is 8.28. The fraction of sp³-hybridized carbons (Fsp3) is 0.579. The van der Waals surface area contributed by atoms with Gasteiger partial charge in [-0.1, -0.05) is 32.5 Å². The predicted octanol–water partition coefficient (Wildman–Crippen LogP) is 2.20. The number of likely N-dealkylation sites (N-methyl/N-ethyl adjacent to an activating group) is 1. The zero-order chi connectivity index (χ0) is 19.9. The van der Waals surface area contributed by atoms with E-state index in [2.05, 4.69) is 63.5 Å². The number of thioether (sulfide) groups is 1. The molecule has 1 N–H and O–H groups in total. The van der Waals surface area contributed by atoms with E-state index in [1.165, 1.54) is 17.4 Å². The van der Waals surface area contributed by atoms with E-state index in [-0.39, 0.29) is 11.7 Å². The minimum absolute atomic E-state index is 0.0617. The zero-order valence-corrected chi connectivity index (χ0v) is 17.7. The van der Waals surface area contributed by atoms with Crippen molar-refractivity contribution < 1.29 is 4.79 Å². The van der Waals surface area contributed by atoms with Gasteiger partial charge in [-0.05, 0) is 47.2 Å². The van der Waals surface area contributed by atoms with Crippen molar-refractivity contribution in [2.24, 2.45) is 5.92 Å². The SMILES string of the molecule is CCN1CCN(c2ccc(NC(=O)CSc3nnnn3CC(C)C)cc2)CC1. The molecule has 1 aliphatic rings. The number of hydrogen-bond acceptors (Lipinski definition) is 7. The molecule has 3 rings (SSSR count). The molecule has 0 radical (unpaired) electrons. The number of benzene rings is 1. The summed E-state index contributed by atoms with van der Waals surface area (Å²) in [6.45, 7) is 12.6. The summed E-state index contributed by atoms with van der Waals surface area (Å²) >= 11 is 1.35. The third-order valence-electron chi connectivity index (χ3n) is 4.71. The molecule has 0 unspecified atom stereocenters. The van der Waals surface area contributed by atoms with Gasteiger partial charge in [-0.15, -0.1) is 5.10 Å². The minimum atomic E-state index is -0.0617. The van der Waals surface area contributed by atoms with E-state index in [1.807, 2.05) is 12.1 Å². The second-order valence-electron chi connectivity index (χ2n) is 7.34. The van der Waals surface area contributed by atoms with Crippen molar-refractivity contribution in [3.63, 3.8) is 0 Å². The molecule has 0 spiro atoms. The average molecular weight is 404 g/mol. The molecular formula is C19H29N7OS. The monoisotopic (exact) mass is 403 g/mol. The fourth-order valence-corrected chi connectivity index (χ4v) is 3.85. The van der Waals surface area contributed by atoms with Crippen LogP contribution >= 0.6 is 11.8 Å². The van der Waals surface area contributed by atoms with Gasteiger partial charge in [-0.2, -0.15) is 0 Å². The first-order valence-electron chi connectivity index (χ1n) is 9.81. The lowest BCUT2D eigenvalue weighted by molar-refractivity contribution is -0.113. The predicted molar refractivity (Wildman–Crippen MR) is 113 cm³/mol. The Hall–Kier alpha value is -2.13. The fourth-order valence-electron chi connectivity index (χ4n) is 3.17. The summed E-state index contributed by atoms with van der Waals surface area (Å²) in [5.74, 6) is 0.660. The molecule has 1 aromatic heterocycles. The summed E-state index contributed by atoms with van der Waals surface area (Å²) in [6, 6.07) is 8.08. The molecule has 2 heterocycles. The molecule has 1 saturated heterocycles. The Bertz CT molecular complexity index is 754. The quantitative estimate of drug-likeness (QED) is 0.677. The summed E-state index contributed by atoms with van der Waals surface area (Å²) in [5.41, 5.74) is 2.01. The summed E-state index contributed by atoms with van der Waals surface area (Å²) in [5, 5.41) is 15.3. The van der Waals surface area contributed by atoms with E-state index >= 15 is 0 Å². The normalized spacial score (nSPS) is 15.2. The van der Waals surface area contributed by atoms with E-state index in [9.17, 15) is 4.79 Å². The highest BCUT2D eigenvalue weighted by molar-refractivity contribution is 7.99. The molecule has 28 heavy (non-hydrogen) atoms. The van der Waals surface area contributed by atoms with Crippen LogP contribution in [0.25, 0.3) is 0 Å². The van der Waals surface area contributed by atoms with Gasteiger partial charge in [0.05, 0.1) is 5.75 Å². The Balaban J connectivity index is 1.48. The highest BCUT2D eigenvalue weighted by Crippen LogP contribution is 2.20. The van der Waals surface area contributed by atoms with Crippen molar-refractivity contribution in [1.82, 2.24) is 25.1 Å².